The van der Waals surface area contributed by atoms with E-state index in [9.17, 15) is 0 Å². The van der Waals surface area contributed by atoms with Crippen molar-refractivity contribution in [3.63, 3.8) is 0 Å². The van der Waals surface area contributed by atoms with Gasteiger partial charge in [-0.1, -0.05) is 18.2 Å². The number of ether oxygens (including phenoxy) is 2. The standard InChI is InChI=1S/C14H21NO2/c15-12-7-8-14(11-12)17-10-4-9-16-13-5-2-1-3-6-13/h1-3,5-6,12,14H,4,7-11,15H2. The summed E-state index contributed by atoms with van der Waals surface area (Å²) >= 11 is 0. The first kappa shape index (κ1) is 12.4. The molecule has 2 unspecified atom stereocenters. The van der Waals surface area contributed by atoms with Crippen LogP contribution in [0, 0.1) is 0 Å². The highest BCUT2D eigenvalue weighted by Gasteiger charge is 2.21. The molecule has 1 aromatic rings. The van der Waals surface area contributed by atoms with Crippen LogP contribution < -0.4 is 10.5 Å². The summed E-state index contributed by atoms with van der Waals surface area (Å²) in [5.41, 5.74) is 5.83. The lowest BCUT2D eigenvalue weighted by molar-refractivity contribution is 0.0497. The number of nitrogens with two attached hydrogens (primary N) is 1. The Hall–Kier alpha value is -1.06. The third-order valence-corrected chi connectivity index (χ3v) is 3.08. The van der Waals surface area contributed by atoms with Gasteiger partial charge in [-0.2, -0.15) is 0 Å². The maximum absolute atomic E-state index is 5.83. The Morgan fingerprint density at radius 1 is 1.12 bits per heavy atom. The topological polar surface area (TPSA) is 44.5 Å². The Kier molecular flexibility index (Phi) is 4.83. The van der Waals surface area contributed by atoms with Gasteiger partial charge in [0.05, 0.1) is 19.3 Å². The second-order valence-electron chi connectivity index (χ2n) is 4.58. The molecule has 94 valence electrons. The molecule has 1 fully saturated rings. The lowest BCUT2D eigenvalue weighted by atomic mass is 10.3. The Labute approximate surface area is 103 Å². The molecule has 1 aliphatic carbocycles. The van der Waals surface area contributed by atoms with Crippen molar-refractivity contribution in [2.75, 3.05) is 13.2 Å². The van der Waals surface area contributed by atoms with Gasteiger partial charge in [0, 0.05) is 12.5 Å². The van der Waals surface area contributed by atoms with Crippen LogP contribution in [-0.4, -0.2) is 25.4 Å². The maximum atomic E-state index is 5.83. The Morgan fingerprint density at radius 3 is 2.65 bits per heavy atom. The molecular formula is C14H21NO2. The fraction of sp³-hybridized carbons (Fsp3) is 0.571. The first-order chi connectivity index (χ1) is 8.34. The zero-order valence-electron chi connectivity index (χ0n) is 10.2. The van der Waals surface area contributed by atoms with Gasteiger partial charge in [0.2, 0.25) is 0 Å². The first-order valence-corrected chi connectivity index (χ1v) is 6.39. The number of hydrogen-bond acceptors (Lipinski definition) is 3. The molecule has 0 saturated heterocycles. The first-order valence-electron chi connectivity index (χ1n) is 6.39. The summed E-state index contributed by atoms with van der Waals surface area (Å²) in [6.07, 6.45) is 4.54. The number of benzene rings is 1. The van der Waals surface area contributed by atoms with Crippen molar-refractivity contribution in [1.29, 1.82) is 0 Å². The lowest BCUT2D eigenvalue weighted by Crippen LogP contribution is -2.18. The van der Waals surface area contributed by atoms with E-state index < -0.39 is 0 Å². The second kappa shape index (κ2) is 6.62. The minimum atomic E-state index is 0.348. The van der Waals surface area contributed by atoms with Gasteiger partial charge in [-0.3, -0.25) is 0 Å². The van der Waals surface area contributed by atoms with Gasteiger partial charge in [0.25, 0.3) is 0 Å². The molecule has 0 radical (unpaired) electrons. The van der Waals surface area contributed by atoms with Gasteiger partial charge < -0.3 is 15.2 Å². The molecule has 2 atom stereocenters. The normalized spacial score (nSPS) is 23.8. The van der Waals surface area contributed by atoms with Crippen molar-refractivity contribution in [2.24, 2.45) is 5.73 Å². The van der Waals surface area contributed by atoms with E-state index in [2.05, 4.69) is 0 Å². The highest BCUT2D eigenvalue weighted by atomic mass is 16.5. The summed E-state index contributed by atoms with van der Waals surface area (Å²) in [4.78, 5) is 0. The van der Waals surface area contributed by atoms with E-state index in [0.29, 0.717) is 18.8 Å². The molecule has 1 aliphatic rings. The number of rotatable bonds is 6. The summed E-state index contributed by atoms with van der Waals surface area (Å²) in [6, 6.07) is 10.2. The molecule has 3 heteroatoms. The summed E-state index contributed by atoms with van der Waals surface area (Å²) in [5, 5.41) is 0. The fourth-order valence-electron chi connectivity index (χ4n) is 2.14. The van der Waals surface area contributed by atoms with E-state index in [1.807, 2.05) is 30.3 Å². The molecule has 0 bridgehead atoms. The van der Waals surface area contributed by atoms with E-state index in [4.69, 9.17) is 15.2 Å². The third-order valence-electron chi connectivity index (χ3n) is 3.08. The fourth-order valence-corrected chi connectivity index (χ4v) is 2.14. The third kappa shape index (κ3) is 4.36. The van der Waals surface area contributed by atoms with Crippen molar-refractivity contribution in [1.82, 2.24) is 0 Å². The quantitative estimate of drug-likeness (QED) is 0.770. The molecule has 0 heterocycles. The van der Waals surface area contributed by atoms with Crippen LogP contribution >= 0.6 is 0 Å². The van der Waals surface area contributed by atoms with Gasteiger partial charge in [-0.05, 0) is 31.4 Å². The molecule has 1 saturated carbocycles. The molecule has 0 aliphatic heterocycles. The smallest absolute Gasteiger partial charge is 0.119 e. The van der Waals surface area contributed by atoms with Crippen LogP contribution in [0.5, 0.6) is 5.75 Å². The summed E-state index contributed by atoms with van der Waals surface area (Å²) < 4.78 is 11.3. The maximum Gasteiger partial charge on any atom is 0.119 e. The van der Waals surface area contributed by atoms with Crippen LogP contribution in [0.2, 0.25) is 0 Å². The second-order valence-corrected chi connectivity index (χ2v) is 4.58. The highest BCUT2D eigenvalue weighted by Crippen LogP contribution is 2.20. The van der Waals surface area contributed by atoms with Crippen molar-refractivity contribution in [2.45, 2.75) is 37.8 Å². The molecule has 0 spiro atoms. The monoisotopic (exact) mass is 235 g/mol. The van der Waals surface area contributed by atoms with E-state index >= 15 is 0 Å². The van der Waals surface area contributed by atoms with Gasteiger partial charge >= 0.3 is 0 Å². The van der Waals surface area contributed by atoms with Crippen LogP contribution in [0.1, 0.15) is 25.7 Å². The Bertz CT molecular complexity index is 315. The van der Waals surface area contributed by atoms with E-state index in [1.54, 1.807) is 0 Å². The van der Waals surface area contributed by atoms with Gasteiger partial charge in [0.1, 0.15) is 5.75 Å². The van der Waals surface area contributed by atoms with E-state index in [0.717, 1.165) is 38.0 Å². The average molecular weight is 235 g/mol. The number of hydrogen-bond donors (Lipinski definition) is 1. The molecule has 2 N–H and O–H groups in total. The summed E-state index contributed by atoms with van der Waals surface area (Å²) in [7, 11) is 0. The summed E-state index contributed by atoms with van der Waals surface area (Å²) in [6.45, 7) is 1.48. The molecule has 3 nitrogen and oxygen atoms in total. The van der Waals surface area contributed by atoms with Crippen molar-refractivity contribution >= 4 is 0 Å². The predicted octanol–water partition coefficient (Wildman–Crippen LogP) is 2.35. The molecule has 0 amide bonds. The predicted molar refractivity (Wildman–Crippen MR) is 68.1 cm³/mol. The van der Waals surface area contributed by atoms with E-state index in [1.165, 1.54) is 0 Å². The molecule has 2 rings (SSSR count). The van der Waals surface area contributed by atoms with Gasteiger partial charge in [-0.15, -0.1) is 0 Å². The number of para-hydroxylation sites is 1. The van der Waals surface area contributed by atoms with Crippen molar-refractivity contribution in [3.05, 3.63) is 30.3 Å². The lowest BCUT2D eigenvalue weighted by Gasteiger charge is -2.11. The molecule has 17 heavy (non-hydrogen) atoms. The SMILES string of the molecule is NC1CCC(OCCCOc2ccccc2)C1. The van der Waals surface area contributed by atoms with Gasteiger partial charge in [0.15, 0.2) is 0 Å². The Balaban J connectivity index is 1.52. The minimum Gasteiger partial charge on any atom is -0.494 e. The van der Waals surface area contributed by atoms with Gasteiger partial charge in [-0.25, -0.2) is 0 Å². The van der Waals surface area contributed by atoms with Crippen LogP contribution in [0.4, 0.5) is 0 Å². The van der Waals surface area contributed by atoms with E-state index in [-0.39, 0.29) is 0 Å². The van der Waals surface area contributed by atoms with Crippen LogP contribution in [0.25, 0.3) is 0 Å². The van der Waals surface area contributed by atoms with Crippen molar-refractivity contribution in [3.8, 4) is 5.75 Å². The van der Waals surface area contributed by atoms with Crippen LogP contribution in [0.3, 0.4) is 0 Å². The zero-order valence-corrected chi connectivity index (χ0v) is 10.2. The van der Waals surface area contributed by atoms with Crippen LogP contribution in [0.15, 0.2) is 30.3 Å². The minimum absolute atomic E-state index is 0.348. The zero-order chi connectivity index (χ0) is 11.9. The summed E-state index contributed by atoms with van der Waals surface area (Å²) in [5.74, 6) is 0.926. The Morgan fingerprint density at radius 2 is 1.94 bits per heavy atom. The molecule has 0 aromatic heterocycles. The average Bonchev–Trinajstić information content (AvgIpc) is 2.76. The highest BCUT2D eigenvalue weighted by molar-refractivity contribution is 5.20. The molecular weight excluding hydrogens is 214 g/mol. The van der Waals surface area contributed by atoms with Crippen LogP contribution in [-0.2, 0) is 4.74 Å². The largest absolute Gasteiger partial charge is 0.494 e. The van der Waals surface area contributed by atoms with Crippen molar-refractivity contribution < 1.29 is 9.47 Å². The molecule has 1 aromatic carbocycles.